The van der Waals surface area contributed by atoms with Crippen molar-refractivity contribution < 1.29 is 0 Å². The summed E-state index contributed by atoms with van der Waals surface area (Å²) in [6, 6.07) is 94.0. The van der Waals surface area contributed by atoms with Gasteiger partial charge in [0.25, 0.3) is 0 Å². The Morgan fingerprint density at radius 3 is 1.35 bits per heavy atom. The van der Waals surface area contributed by atoms with E-state index in [1.165, 1.54) is 16.8 Å². The molecule has 0 saturated heterocycles. The van der Waals surface area contributed by atoms with E-state index in [4.69, 9.17) is 9.97 Å². The predicted molar refractivity (Wildman–Crippen MR) is 345 cm³/mol. The van der Waals surface area contributed by atoms with E-state index < -0.39 is 0 Å². The molecule has 0 fully saturated rings. The topological polar surface area (TPSA) is 47.5 Å². The van der Waals surface area contributed by atoms with Gasteiger partial charge in [0.1, 0.15) is 0 Å². The molecule has 0 saturated carbocycles. The van der Waals surface area contributed by atoms with Gasteiger partial charge < -0.3 is 20.0 Å². The van der Waals surface area contributed by atoms with Crippen LogP contribution in [0.15, 0.2) is 327 Å². The molecule has 1 N–H and O–H groups in total. The van der Waals surface area contributed by atoms with Crippen LogP contribution in [-0.2, 0) is 0 Å². The summed E-state index contributed by atoms with van der Waals surface area (Å²) in [5, 5.41) is 3.54. The molecule has 11 aromatic rings. The summed E-state index contributed by atoms with van der Waals surface area (Å²) in [5.41, 5.74) is 21.5. The zero-order valence-electron chi connectivity index (χ0n) is 45.2. The summed E-state index contributed by atoms with van der Waals surface area (Å²) in [4.78, 5) is 18.2. The van der Waals surface area contributed by atoms with Crippen molar-refractivity contribution in [2.24, 2.45) is 0 Å². The van der Waals surface area contributed by atoms with Crippen LogP contribution < -0.4 is 20.0 Å². The molecule has 6 nitrogen and oxygen atoms in total. The fourth-order valence-electron chi connectivity index (χ4n) is 10.9. The van der Waals surface area contributed by atoms with Crippen molar-refractivity contribution in [2.45, 2.75) is 12.8 Å². The molecule has 2 aliphatic carbocycles. The van der Waals surface area contributed by atoms with Crippen LogP contribution in [0.5, 0.6) is 0 Å². The molecule has 0 bridgehead atoms. The van der Waals surface area contributed by atoms with Gasteiger partial charge in [-0.15, -0.1) is 0 Å². The van der Waals surface area contributed by atoms with Crippen LogP contribution in [-0.4, -0.2) is 9.97 Å². The third-order valence-corrected chi connectivity index (χ3v) is 14.9. The standard InChI is InChI=1S/C76H58N6/c1-2-13-29-63(28-12-1)80(64-30-14-5-15-31-64)70-52-54-71(55-53-70)82(66-34-18-7-19-35-66)68-46-40-59(41-47-68)74-75(79-76-72(36-21-37-73(76)78-74)58-25-20-24-57(38-39-58)56-22-8-3-9-23-56)60-42-48-67(49-43-60)81(65-32-16-6-17-33-65)69-50-44-62(45-51-69)77-61-26-10-4-11-27-61/h1-23,25-28,30-55,77H,24,29H2. The number of hydrogen-bond donors (Lipinski definition) is 1. The van der Waals surface area contributed by atoms with Crippen LogP contribution in [0.4, 0.5) is 56.9 Å². The molecular weight excluding hydrogens is 997 g/mol. The lowest BCUT2D eigenvalue weighted by molar-refractivity contribution is 1.08. The van der Waals surface area contributed by atoms with E-state index >= 15 is 0 Å². The Morgan fingerprint density at radius 1 is 0.317 bits per heavy atom. The minimum Gasteiger partial charge on any atom is -0.356 e. The molecular formula is C76H58N6. The first-order chi connectivity index (χ1) is 40.7. The fourth-order valence-corrected chi connectivity index (χ4v) is 10.9. The van der Waals surface area contributed by atoms with Crippen molar-refractivity contribution in [1.82, 2.24) is 9.97 Å². The second-order valence-corrected chi connectivity index (χ2v) is 20.2. The lowest BCUT2D eigenvalue weighted by Gasteiger charge is -2.29. The normalized spacial score (nSPS) is 12.9. The lowest BCUT2D eigenvalue weighted by atomic mass is 9.99. The minimum absolute atomic E-state index is 0.800. The number of benzene rings is 10. The van der Waals surface area contributed by atoms with Crippen LogP contribution in [0.25, 0.3) is 44.7 Å². The second kappa shape index (κ2) is 23.6. The predicted octanol–water partition coefficient (Wildman–Crippen LogP) is 20.6. The molecule has 2 aliphatic rings. The second-order valence-electron chi connectivity index (χ2n) is 20.2. The Bertz CT molecular complexity index is 4170. The van der Waals surface area contributed by atoms with Gasteiger partial charge in [0.15, 0.2) is 0 Å². The number of aromatic nitrogens is 2. The molecule has 6 heteroatoms. The quantitative estimate of drug-likeness (QED) is 0.110. The van der Waals surface area contributed by atoms with Gasteiger partial charge in [-0.1, -0.05) is 188 Å². The number of nitrogens with one attached hydrogen (secondary N) is 1. The number of anilines is 10. The van der Waals surface area contributed by atoms with Gasteiger partial charge in [-0.3, -0.25) is 0 Å². The van der Waals surface area contributed by atoms with Crippen molar-refractivity contribution in [3.63, 3.8) is 0 Å². The molecule has 0 unspecified atom stereocenters. The maximum absolute atomic E-state index is 5.67. The first kappa shape index (κ1) is 50.7. The Kier molecular flexibility index (Phi) is 14.6. The number of para-hydroxylation sites is 5. The van der Waals surface area contributed by atoms with E-state index in [1.807, 2.05) is 18.2 Å². The number of fused-ring (bicyclic) bond motifs is 1. The zero-order valence-corrected chi connectivity index (χ0v) is 45.2. The minimum atomic E-state index is 0.800. The summed E-state index contributed by atoms with van der Waals surface area (Å²) in [6.45, 7) is 0. The van der Waals surface area contributed by atoms with Crippen molar-refractivity contribution >= 4 is 79.1 Å². The van der Waals surface area contributed by atoms with Gasteiger partial charge in [0.2, 0.25) is 0 Å². The number of allylic oxidation sites excluding steroid dienone is 11. The molecule has 13 rings (SSSR count). The van der Waals surface area contributed by atoms with Crippen LogP contribution in [0.1, 0.15) is 24.0 Å². The molecule has 0 aliphatic heterocycles. The van der Waals surface area contributed by atoms with Crippen molar-refractivity contribution in [3.8, 4) is 22.5 Å². The molecule has 392 valence electrons. The van der Waals surface area contributed by atoms with E-state index in [1.54, 1.807) is 0 Å². The van der Waals surface area contributed by atoms with Crippen LogP contribution in [0, 0.1) is 0 Å². The van der Waals surface area contributed by atoms with E-state index in [0.717, 1.165) is 114 Å². The van der Waals surface area contributed by atoms with Crippen molar-refractivity contribution in [1.29, 1.82) is 0 Å². The van der Waals surface area contributed by atoms with Gasteiger partial charge in [-0.05, 0) is 157 Å². The largest absolute Gasteiger partial charge is 0.356 e. The third kappa shape index (κ3) is 11.0. The highest BCUT2D eigenvalue weighted by Gasteiger charge is 2.21. The molecule has 1 heterocycles. The molecule has 1 aromatic heterocycles. The van der Waals surface area contributed by atoms with Crippen molar-refractivity contribution in [2.75, 3.05) is 20.0 Å². The van der Waals surface area contributed by atoms with Crippen LogP contribution in [0.3, 0.4) is 0 Å². The Morgan fingerprint density at radius 2 is 0.780 bits per heavy atom. The van der Waals surface area contributed by atoms with E-state index in [9.17, 15) is 0 Å². The average Bonchev–Trinajstić information content (AvgIpc) is 4.06. The summed E-state index contributed by atoms with van der Waals surface area (Å²) in [7, 11) is 0. The fraction of sp³-hybridized carbons (Fsp3) is 0.0263. The molecule has 82 heavy (non-hydrogen) atoms. The van der Waals surface area contributed by atoms with Crippen LogP contribution >= 0.6 is 0 Å². The maximum atomic E-state index is 5.67. The van der Waals surface area contributed by atoms with Crippen molar-refractivity contribution in [3.05, 3.63) is 338 Å². The van der Waals surface area contributed by atoms with E-state index in [2.05, 4.69) is 323 Å². The summed E-state index contributed by atoms with van der Waals surface area (Å²) in [5.74, 6) is 0. The smallest absolute Gasteiger partial charge is 0.0973 e. The molecule has 10 aromatic carbocycles. The summed E-state index contributed by atoms with van der Waals surface area (Å²) in [6.07, 6.45) is 21.3. The van der Waals surface area contributed by atoms with Gasteiger partial charge in [0, 0.05) is 85.7 Å². The Labute approximate surface area is 480 Å². The Balaban J connectivity index is 0.892. The van der Waals surface area contributed by atoms with Crippen LogP contribution in [0.2, 0.25) is 0 Å². The van der Waals surface area contributed by atoms with Gasteiger partial charge in [0.05, 0.1) is 22.4 Å². The van der Waals surface area contributed by atoms with E-state index in [-0.39, 0.29) is 0 Å². The average molecular weight is 1060 g/mol. The van der Waals surface area contributed by atoms with Gasteiger partial charge in [-0.2, -0.15) is 0 Å². The first-order valence-electron chi connectivity index (χ1n) is 27.9. The molecule has 0 amide bonds. The SMILES string of the molecule is C1=CC=C(N(c2ccccc2)c2ccc(N(c3ccccc3)c3ccc(-c4nc5cccc(C6=CC=C(c7ccccc7)CC=C6)c5nc4-c4ccc(N(c5ccccc5)c5ccc(Nc6ccccc6)cc5)cc4)cc3)cc2)CC=C1. The highest BCUT2D eigenvalue weighted by molar-refractivity contribution is 5.97. The highest BCUT2D eigenvalue weighted by atomic mass is 15.2. The number of rotatable bonds is 15. The van der Waals surface area contributed by atoms with Gasteiger partial charge >= 0.3 is 0 Å². The molecule has 0 spiro atoms. The monoisotopic (exact) mass is 1050 g/mol. The summed E-state index contributed by atoms with van der Waals surface area (Å²) >= 11 is 0. The zero-order chi connectivity index (χ0) is 54.9. The molecule has 0 radical (unpaired) electrons. The highest BCUT2D eigenvalue weighted by Crippen LogP contribution is 2.42. The van der Waals surface area contributed by atoms with Gasteiger partial charge in [-0.25, -0.2) is 9.97 Å². The maximum Gasteiger partial charge on any atom is 0.0973 e. The third-order valence-electron chi connectivity index (χ3n) is 14.9. The summed E-state index contributed by atoms with van der Waals surface area (Å²) < 4.78 is 0. The lowest BCUT2D eigenvalue weighted by Crippen LogP contribution is -2.16. The first-order valence-corrected chi connectivity index (χ1v) is 27.9. The number of nitrogens with zero attached hydrogens (tertiary/aromatic N) is 5. The number of hydrogen-bond acceptors (Lipinski definition) is 6. The Hall–Kier alpha value is -10.8. The van der Waals surface area contributed by atoms with E-state index in [0.29, 0.717) is 0 Å². The molecule has 0 atom stereocenters.